The van der Waals surface area contributed by atoms with Crippen LogP contribution in [0, 0.1) is 0 Å². The summed E-state index contributed by atoms with van der Waals surface area (Å²) in [6.07, 6.45) is 2.64. The van der Waals surface area contributed by atoms with E-state index in [1.165, 1.54) is 0 Å². The van der Waals surface area contributed by atoms with Crippen LogP contribution in [0.1, 0.15) is 53.9 Å². The molecule has 0 radical (unpaired) electrons. The van der Waals surface area contributed by atoms with Gasteiger partial charge in [-0.3, -0.25) is 4.79 Å². The van der Waals surface area contributed by atoms with Gasteiger partial charge in [0.2, 0.25) is 5.91 Å². The predicted molar refractivity (Wildman–Crippen MR) is 86.5 cm³/mol. The van der Waals surface area contributed by atoms with E-state index in [9.17, 15) is 9.59 Å². The Morgan fingerprint density at radius 3 is 2.45 bits per heavy atom. The molecule has 6 heteroatoms. The number of carbonyl (C=O) groups is 2. The fourth-order valence-electron chi connectivity index (χ4n) is 2.70. The molecule has 1 heterocycles. The van der Waals surface area contributed by atoms with Crippen LogP contribution in [0.3, 0.4) is 0 Å². The molecule has 0 spiro atoms. The molecule has 0 bridgehead atoms. The highest BCUT2D eigenvalue weighted by Gasteiger charge is 2.32. The molecule has 1 fully saturated rings. The predicted octanol–water partition coefficient (Wildman–Crippen LogP) is 1.97. The van der Waals surface area contributed by atoms with Crippen molar-refractivity contribution >= 4 is 12.0 Å². The fraction of sp³-hybridized carbons (Fsp3) is 0.875. The number of carbonyl (C=O) groups excluding carboxylic acids is 2. The lowest BCUT2D eigenvalue weighted by molar-refractivity contribution is -0.132. The molecular weight excluding hydrogens is 282 g/mol. The molecule has 1 saturated heterocycles. The summed E-state index contributed by atoms with van der Waals surface area (Å²) in [7, 11) is 0. The van der Waals surface area contributed by atoms with Crippen molar-refractivity contribution in [2.75, 3.05) is 19.6 Å². The molecule has 1 rings (SSSR count). The van der Waals surface area contributed by atoms with Crippen molar-refractivity contribution < 1.29 is 14.3 Å². The first-order valence-corrected chi connectivity index (χ1v) is 8.15. The van der Waals surface area contributed by atoms with Gasteiger partial charge in [0.15, 0.2) is 0 Å². The van der Waals surface area contributed by atoms with E-state index in [4.69, 9.17) is 10.5 Å². The number of rotatable bonds is 4. The largest absolute Gasteiger partial charge is 0.444 e. The van der Waals surface area contributed by atoms with Gasteiger partial charge >= 0.3 is 6.09 Å². The molecule has 0 saturated carbocycles. The van der Waals surface area contributed by atoms with Crippen molar-refractivity contribution in [1.29, 1.82) is 0 Å². The minimum absolute atomic E-state index is 0.00139. The van der Waals surface area contributed by atoms with E-state index < -0.39 is 5.60 Å². The van der Waals surface area contributed by atoms with Crippen LogP contribution in [-0.4, -0.2) is 59.1 Å². The number of ether oxygens (including phenoxy) is 1. The number of nitrogens with two attached hydrogens (primary N) is 1. The smallest absolute Gasteiger partial charge is 0.410 e. The molecule has 0 aliphatic carbocycles. The third-order valence-corrected chi connectivity index (χ3v) is 3.78. The number of amides is 2. The lowest BCUT2D eigenvalue weighted by atomic mass is 10.0. The lowest BCUT2D eigenvalue weighted by Crippen LogP contribution is -2.53. The first kappa shape index (κ1) is 18.7. The molecule has 0 aromatic carbocycles. The Morgan fingerprint density at radius 2 is 1.95 bits per heavy atom. The minimum atomic E-state index is -0.510. The quantitative estimate of drug-likeness (QED) is 0.861. The first-order chi connectivity index (χ1) is 10.2. The van der Waals surface area contributed by atoms with Crippen molar-refractivity contribution in [2.45, 2.75) is 71.6 Å². The Labute approximate surface area is 134 Å². The fourth-order valence-corrected chi connectivity index (χ4v) is 2.70. The zero-order chi connectivity index (χ0) is 16.9. The third kappa shape index (κ3) is 5.48. The van der Waals surface area contributed by atoms with Gasteiger partial charge in [-0.25, -0.2) is 4.79 Å². The maximum atomic E-state index is 12.4. The molecule has 1 atom stereocenters. The number of nitrogens with zero attached hydrogens (tertiary/aromatic N) is 2. The van der Waals surface area contributed by atoms with Crippen LogP contribution in [0.25, 0.3) is 0 Å². The van der Waals surface area contributed by atoms with E-state index in [2.05, 4.69) is 0 Å². The second-order valence-electron chi connectivity index (χ2n) is 7.17. The summed E-state index contributed by atoms with van der Waals surface area (Å²) in [4.78, 5) is 27.9. The highest BCUT2D eigenvalue weighted by Crippen LogP contribution is 2.22. The van der Waals surface area contributed by atoms with Crippen molar-refractivity contribution in [3.8, 4) is 0 Å². The molecule has 22 heavy (non-hydrogen) atoms. The van der Waals surface area contributed by atoms with Gasteiger partial charge in [-0.2, -0.15) is 0 Å². The van der Waals surface area contributed by atoms with Gasteiger partial charge in [0.05, 0.1) is 12.6 Å². The summed E-state index contributed by atoms with van der Waals surface area (Å²) in [6, 6.07) is 0.0694. The Kier molecular flexibility index (Phi) is 6.66. The van der Waals surface area contributed by atoms with Crippen LogP contribution in [0.5, 0.6) is 0 Å². The number of piperidine rings is 1. The molecule has 1 aliphatic heterocycles. The summed E-state index contributed by atoms with van der Waals surface area (Å²) < 4.78 is 5.50. The van der Waals surface area contributed by atoms with E-state index in [1.54, 1.807) is 9.80 Å². The molecule has 1 aliphatic rings. The van der Waals surface area contributed by atoms with Gasteiger partial charge in [0, 0.05) is 19.1 Å². The van der Waals surface area contributed by atoms with Crippen molar-refractivity contribution in [1.82, 2.24) is 9.80 Å². The molecule has 0 aromatic heterocycles. The maximum Gasteiger partial charge on any atom is 0.410 e. The molecule has 2 amide bonds. The van der Waals surface area contributed by atoms with Gasteiger partial charge < -0.3 is 20.3 Å². The van der Waals surface area contributed by atoms with E-state index in [-0.39, 0.29) is 30.6 Å². The van der Waals surface area contributed by atoms with E-state index in [0.29, 0.717) is 13.1 Å². The van der Waals surface area contributed by atoms with Crippen molar-refractivity contribution in [3.63, 3.8) is 0 Å². The van der Waals surface area contributed by atoms with Gasteiger partial charge in [-0.05, 0) is 53.9 Å². The van der Waals surface area contributed by atoms with Gasteiger partial charge in [0.1, 0.15) is 5.60 Å². The van der Waals surface area contributed by atoms with Crippen LogP contribution in [0.15, 0.2) is 0 Å². The summed E-state index contributed by atoms with van der Waals surface area (Å²) >= 11 is 0. The molecule has 6 nitrogen and oxygen atoms in total. The standard InChI is InChI=1S/C16H31N3O3/c1-12(2)19(14(20)10-17)11-13-8-6-7-9-18(13)15(21)22-16(3,4)5/h12-13H,6-11,17H2,1-5H3/t13-/m1/s1. The molecule has 0 aromatic rings. The van der Waals surface area contributed by atoms with Crippen LogP contribution in [0.2, 0.25) is 0 Å². The zero-order valence-corrected chi connectivity index (χ0v) is 14.6. The van der Waals surface area contributed by atoms with Crippen molar-refractivity contribution in [3.05, 3.63) is 0 Å². The summed E-state index contributed by atoms with van der Waals surface area (Å²) in [6.45, 7) is 10.7. The highest BCUT2D eigenvalue weighted by molar-refractivity contribution is 5.78. The second-order valence-corrected chi connectivity index (χ2v) is 7.17. The minimum Gasteiger partial charge on any atom is -0.444 e. The Morgan fingerprint density at radius 1 is 1.32 bits per heavy atom. The van der Waals surface area contributed by atoms with E-state index in [1.807, 2.05) is 34.6 Å². The summed E-state index contributed by atoms with van der Waals surface area (Å²) in [5, 5.41) is 0. The van der Waals surface area contributed by atoms with Crippen LogP contribution >= 0.6 is 0 Å². The molecular formula is C16H31N3O3. The topological polar surface area (TPSA) is 75.9 Å². The number of likely N-dealkylation sites (tertiary alicyclic amines) is 1. The number of hydrogen-bond donors (Lipinski definition) is 1. The number of hydrogen-bond acceptors (Lipinski definition) is 4. The zero-order valence-electron chi connectivity index (χ0n) is 14.6. The van der Waals surface area contributed by atoms with Crippen LogP contribution < -0.4 is 5.73 Å². The van der Waals surface area contributed by atoms with Crippen LogP contribution in [0.4, 0.5) is 4.79 Å². The first-order valence-electron chi connectivity index (χ1n) is 8.15. The maximum absolute atomic E-state index is 12.4. The van der Waals surface area contributed by atoms with Crippen molar-refractivity contribution in [2.24, 2.45) is 5.73 Å². The van der Waals surface area contributed by atoms with Gasteiger partial charge in [-0.15, -0.1) is 0 Å². The second kappa shape index (κ2) is 7.81. The summed E-state index contributed by atoms with van der Waals surface area (Å²) in [5.74, 6) is -0.0790. The van der Waals surface area contributed by atoms with Crippen LogP contribution in [-0.2, 0) is 9.53 Å². The third-order valence-electron chi connectivity index (χ3n) is 3.78. The monoisotopic (exact) mass is 313 g/mol. The average Bonchev–Trinajstić information content (AvgIpc) is 2.42. The Hall–Kier alpha value is -1.30. The average molecular weight is 313 g/mol. The molecule has 128 valence electrons. The van der Waals surface area contributed by atoms with E-state index >= 15 is 0 Å². The molecule has 0 unspecified atom stereocenters. The Balaban J connectivity index is 2.80. The SMILES string of the molecule is CC(C)N(C[C@H]1CCCCN1C(=O)OC(C)(C)C)C(=O)CN. The highest BCUT2D eigenvalue weighted by atomic mass is 16.6. The van der Waals surface area contributed by atoms with Gasteiger partial charge in [-0.1, -0.05) is 0 Å². The normalized spacial score (nSPS) is 19.2. The summed E-state index contributed by atoms with van der Waals surface area (Å²) in [5.41, 5.74) is 4.99. The van der Waals surface area contributed by atoms with Gasteiger partial charge in [0.25, 0.3) is 0 Å². The van der Waals surface area contributed by atoms with E-state index in [0.717, 1.165) is 19.3 Å². The lowest BCUT2D eigenvalue weighted by Gasteiger charge is -2.40. The Bertz CT molecular complexity index is 391. The molecule has 2 N–H and O–H groups in total.